The molecule has 0 aromatic heterocycles. The van der Waals surface area contributed by atoms with Crippen LogP contribution in [0.3, 0.4) is 0 Å². The van der Waals surface area contributed by atoms with Crippen LogP contribution in [0.5, 0.6) is 11.5 Å². The molecule has 1 N–H and O–H groups in total. The monoisotopic (exact) mass is 289 g/mol. The Morgan fingerprint density at radius 2 is 1.90 bits per heavy atom. The lowest BCUT2D eigenvalue weighted by molar-refractivity contribution is 0.0985. The smallest absolute Gasteiger partial charge is 0.262 e. The van der Waals surface area contributed by atoms with E-state index in [1.807, 2.05) is 6.92 Å². The highest BCUT2D eigenvalue weighted by Crippen LogP contribution is 2.26. The molecule has 0 heterocycles. The van der Waals surface area contributed by atoms with E-state index in [0.717, 1.165) is 0 Å². The molecule has 0 fully saturated rings. The Balaban J connectivity index is 2.34. The highest BCUT2D eigenvalue weighted by atomic mass is 19.1. The molecular formula is C16H16FNO3. The van der Waals surface area contributed by atoms with Crippen LogP contribution in [-0.4, -0.2) is 24.7 Å². The molecule has 0 spiro atoms. The number of methoxy groups -OCH3 is 1. The minimum absolute atomic E-state index is 0.153. The molecule has 2 aromatic carbocycles. The summed E-state index contributed by atoms with van der Waals surface area (Å²) in [6.45, 7) is 2.21. The van der Waals surface area contributed by atoms with Crippen molar-refractivity contribution in [1.82, 2.24) is 0 Å². The van der Waals surface area contributed by atoms with Gasteiger partial charge < -0.3 is 14.7 Å². The van der Waals surface area contributed by atoms with Crippen molar-refractivity contribution in [3.63, 3.8) is 0 Å². The highest BCUT2D eigenvalue weighted by Gasteiger charge is 2.19. The Hall–Kier alpha value is -2.56. The van der Waals surface area contributed by atoms with Crippen molar-refractivity contribution in [2.75, 3.05) is 18.6 Å². The standard InChI is InChI=1S/C16H16FNO3/c1-3-18(12-6-4-11(17)5-7-12)16(20)14-9-8-13(21-2)10-15(14)19/h4-10,19H,3H2,1-2H3. The Bertz CT molecular complexity index is 640. The summed E-state index contributed by atoms with van der Waals surface area (Å²) in [6.07, 6.45) is 0. The molecule has 0 bridgehead atoms. The Labute approximate surface area is 122 Å². The van der Waals surface area contributed by atoms with E-state index in [4.69, 9.17) is 4.74 Å². The zero-order valence-corrected chi connectivity index (χ0v) is 11.8. The summed E-state index contributed by atoms with van der Waals surface area (Å²) in [7, 11) is 1.48. The number of phenolic OH excluding ortho intramolecular Hbond substituents is 1. The normalized spacial score (nSPS) is 10.2. The fourth-order valence-electron chi connectivity index (χ4n) is 2.03. The van der Waals surface area contributed by atoms with Gasteiger partial charge >= 0.3 is 0 Å². The number of hydrogen-bond donors (Lipinski definition) is 1. The quantitative estimate of drug-likeness (QED) is 0.940. The van der Waals surface area contributed by atoms with E-state index < -0.39 is 0 Å². The maximum atomic E-state index is 13.0. The van der Waals surface area contributed by atoms with Gasteiger partial charge in [-0.15, -0.1) is 0 Å². The summed E-state index contributed by atoms with van der Waals surface area (Å²) < 4.78 is 18.0. The number of rotatable bonds is 4. The second-order valence-corrected chi connectivity index (χ2v) is 4.41. The molecule has 0 saturated carbocycles. The number of halogens is 1. The van der Waals surface area contributed by atoms with Crippen LogP contribution in [0.15, 0.2) is 42.5 Å². The number of phenols is 1. The first kappa shape index (κ1) is 14.8. The van der Waals surface area contributed by atoms with E-state index in [1.165, 1.54) is 48.4 Å². The Morgan fingerprint density at radius 1 is 1.24 bits per heavy atom. The van der Waals surface area contributed by atoms with E-state index in [9.17, 15) is 14.3 Å². The third-order valence-corrected chi connectivity index (χ3v) is 3.13. The minimum Gasteiger partial charge on any atom is -0.507 e. The van der Waals surface area contributed by atoms with Gasteiger partial charge in [0, 0.05) is 18.3 Å². The first-order valence-electron chi connectivity index (χ1n) is 6.51. The lowest BCUT2D eigenvalue weighted by atomic mass is 10.1. The van der Waals surface area contributed by atoms with Crippen molar-refractivity contribution in [3.05, 3.63) is 53.8 Å². The number of hydrogen-bond acceptors (Lipinski definition) is 3. The molecule has 110 valence electrons. The van der Waals surface area contributed by atoms with Crippen molar-refractivity contribution in [1.29, 1.82) is 0 Å². The molecule has 0 aliphatic carbocycles. The summed E-state index contributed by atoms with van der Waals surface area (Å²) in [5.74, 6) is -0.410. The predicted molar refractivity (Wildman–Crippen MR) is 78.4 cm³/mol. The zero-order valence-electron chi connectivity index (χ0n) is 11.8. The van der Waals surface area contributed by atoms with Gasteiger partial charge in [-0.25, -0.2) is 4.39 Å². The van der Waals surface area contributed by atoms with Crippen LogP contribution in [0.2, 0.25) is 0 Å². The Kier molecular flexibility index (Phi) is 4.42. The van der Waals surface area contributed by atoms with Crippen LogP contribution >= 0.6 is 0 Å². The molecule has 0 saturated heterocycles. The van der Waals surface area contributed by atoms with Crippen molar-refractivity contribution in [3.8, 4) is 11.5 Å². The number of anilines is 1. The van der Waals surface area contributed by atoms with Gasteiger partial charge in [-0.3, -0.25) is 4.79 Å². The third-order valence-electron chi connectivity index (χ3n) is 3.13. The van der Waals surface area contributed by atoms with Crippen LogP contribution < -0.4 is 9.64 Å². The van der Waals surface area contributed by atoms with Gasteiger partial charge in [0.25, 0.3) is 5.91 Å². The summed E-state index contributed by atoms with van der Waals surface area (Å²) >= 11 is 0. The summed E-state index contributed by atoms with van der Waals surface area (Å²) in [5.41, 5.74) is 0.737. The second-order valence-electron chi connectivity index (χ2n) is 4.41. The average Bonchev–Trinajstić information content (AvgIpc) is 2.49. The average molecular weight is 289 g/mol. The molecule has 0 radical (unpaired) electrons. The van der Waals surface area contributed by atoms with E-state index >= 15 is 0 Å². The van der Waals surface area contributed by atoms with E-state index in [1.54, 1.807) is 6.07 Å². The number of nitrogens with zero attached hydrogens (tertiary/aromatic N) is 1. The lowest BCUT2D eigenvalue weighted by Gasteiger charge is -2.21. The van der Waals surface area contributed by atoms with Gasteiger partial charge in [0.15, 0.2) is 0 Å². The second kappa shape index (κ2) is 6.26. The summed E-state index contributed by atoms with van der Waals surface area (Å²) in [6, 6.07) is 10.1. The lowest BCUT2D eigenvalue weighted by Crippen LogP contribution is -2.30. The largest absolute Gasteiger partial charge is 0.507 e. The summed E-state index contributed by atoms with van der Waals surface area (Å²) in [4.78, 5) is 14.0. The van der Waals surface area contributed by atoms with E-state index in [0.29, 0.717) is 18.0 Å². The first-order chi connectivity index (χ1) is 10.1. The van der Waals surface area contributed by atoms with E-state index in [2.05, 4.69) is 0 Å². The molecule has 5 heteroatoms. The maximum absolute atomic E-state index is 13.0. The van der Waals surface area contributed by atoms with Gasteiger partial charge in [-0.1, -0.05) is 0 Å². The van der Waals surface area contributed by atoms with Crippen molar-refractivity contribution in [2.24, 2.45) is 0 Å². The number of carbonyl (C=O) groups excluding carboxylic acids is 1. The first-order valence-corrected chi connectivity index (χ1v) is 6.51. The molecule has 0 aliphatic heterocycles. The topological polar surface area (TPSA) is 49.8 Å². The fourth-order valence-corrected chi connectivity index (χ4v) is 2.03. The number of aromatic hydroxyl groups is 1. The molecule has 0 atom stereocenters. The zero-order chi connectivity index (χ0) is 15.4. The molecule has 0 unspecified atom stereocenters. The number of amides is 1. The molecule has 2 rings (SSSR count). The van der Waals surface area contributed by atoms with Crippen molar-refractivity contribution in [2.45, 2.75) is 6.92 Å². The van der Waals surface area contributed by atoms with Gasteiger partial charge in [0.05, 0.1) is 12.7 Å². The maximum Gasteiger partial charge on any atom is 0.262 e. The molecule has 1 amide bonds. The van der Waals surface area contributed by atoms with Gasteiger partial charge in [-0.05, 0) is 43.3 Å². The Morgan fingerprint density at radius 3 is 2.43 bits per heavy atom. The number of benzene rings is 2. The van der Waals surface area contributed by atoms with Crippen LogP contribution in [0.1, 0.15) is 17.3 Å². The molecule has 4 nitrogen and oxygen atoms in total. The predicted octanol–water partition coefficient (Wildman–Crippen LogP) is 3.21. The van der Waals surface area contributed by atoms with Gasteiger partial charge in [-0.2, -0.15) is 0 Å². The number of ether oxygens (including phenoxy) is 1. The third kappa shape index (κ3) is 3.13. The number of carbonyl (C=O) groups is 1. The van der Waals surface area contributed by atoms with Crippen LogP contribution in [0, 0.1) is 5.82 Å². The van der Waals surface area contributed by atoms with Crippen molar-refractivity contribution >= 4 is 11.6 Å². The minimum atomic E-state index is -0.366. The van der Waals surface area contributed by atoms with E-state index in [-0.39, 0.29) is 23.0 Å². The molecule has 0 aliphatic rings. The van der Waals surface area contributed by atoms with Gasteiger partial charge in [0.2, 0.25) is 0 Å². The van der Waals surface area contributed by atoms with Gasteiger partial charge in [0.1, 0.15) is 17.3 Å². The van der Waals surface area contributed by atoms with Crippen LogP contribution in [0.4, 0.5) is 10.1 Å². The molecule has 2 aromatic rings. The summed E-state index contributed by atoms with van der Waals surface area (Å²) in [5, 5.41) is 9.94. The fraction of sp³-hybridized carbons (Fsp3) is 0.188. The van der Waals surface area contributed by atoms with Crippen LogP contribution in [0.25, 0.3) is 0 Å². The van der Waals surface area contributed by atoms with Crippen LogP contribution in [-0.2, 0) is 0 Å². The van der Waals surface area contributed by atoms with Crippen molar-refractivity contribution < 1.29 is 19.0 Å². The molecular weight excluding hydrogens is 273 g/mol. The molecule has 21 heavy (non-hydrogen) atoms. The highest BCUT2D eigenvalue weighted by molar-refractivity contribution is 6.07. The SMILES string of the molecule is CCN(C(=O)c1ccc(OC)cc1O)c1ccc(F)cc1.